The van der Waals surface area contributed by atoms with Crippen LogP contribution in [0, 0.1) is 12.7 Å². The van der Waals surface area contributed by atoms with Crippen molar-refractivity contribution in [3.8, 4) is 0 Å². The van der Waals surface area contributed by atoms with Gasteiger partial charge in [0.05, 0.1) is 22.3 Å². The monoisotopic (exact) mass is 393 g/mol. The van der Waals surface area contributed by atoms with Crippen LogP contribution >= 0.6 is 23.2 Å². The van der Waals surface area contributed by atoms with Crippen molar-refractivity contribution in [2.75, 3.05) is 0 Å². The Kier molecular flexibility index (Phi) is 5.25. The number of aromatic nitrogens is 2. The molecule has 0 aliphatic carbocycles. The molecular formula is C18H14Cl2FN3O2. The maximum atomic E-state index is 13.5. The Bertz CT molecular complexity index is 1070. The number of nitrogens with one attached hydrogen (secondary N) is 1. The number of benzene rings is 2. The summed E-state index contributed by atoms with van der Waals surface area (Å²) in [5.74, 6) is -0.734. The first-order valence-corrected chi connectivity index (χ1v) is 8.46. The predicted molar refractivity (Wildman–Crippen MR) is 99.0 cm³/mol. The summed E-state index contributed by atoms with van der Waals surface area (Å²) in [6.45, 7) is 1.60. The Labute approximate surface area is 158 Å². The van der Waals surface area contributed by atoms with E-state index in [2.05, 4.69) is 10.3 Å². The molecular weight excluding hydrogens is 380 g/mol. The lowest BCUT2D eigenvalue weighted by atomic mass is 10.1. The molecule has 0 radical (unpaired) electrons. The SMILES string of the molecule is Cc1ccc(CNC(=O)Cn2cnc3c(Cl)cc(Cl)cc3c2=O)cc1F. The highest BCUT2D eigenvalue weighted by molar-refractivity contribution is 6.38. The molecule has 0 spiro atoms. The van der Waals surface area contributed by atoms with E-state index in [-0.39, 0.29) is 29.3 Å². The number of amides is 1. The van der Waals surface area contributed by atoms with Crippen LogP contribution in [-0.2, 0) is 17.9 Å². The summed E-state index contributed by atoms with van der Waals surface area (Å²) in [7, 11) is 0. The van der Waals surface area contributed by atoms with Crippen LogP contribution in [0.2, 0.25) is 10.0 Å². The van der Waals surface area contributed by atoms with Crippen molar-refractivity contribution in [3.63, 3.8) is 0 Å². The van der Waals surface area contributed by atoms with Crippen molar-refractivity contribution in [1.29, 1.82) is 0 Å². The van der Waals surface area contributed by atoms with E-state index >= 15 is 0 Å². The second kappa shape index (κ2) is 7.43. The van der Waals surface area contributed by atoms with Crippen LogP contribution in [0.1, 0.15) is 11.1 Å². The minimum Gasteiger partial charge on any atom is -0.350 e. The van der Waals surface area contributed by atoms with Crippen molar-refractivity contribution in [2.45, 2.75) is 20.0 Å². The van der Waals surface area contributed by atoms with Gasteiger partial charge in [0.2, 0.25) is 5.91 Å². The van der Waals surface area contributed by atoms with Crippen molar-refractivity contribution in [3.05, 3.63) is 74.0 Å². The summed E-state index contributed by atoms with van der Waals surface area (Å²) in [4.78, 5) is 28.7. The van der Waals surface area contributed by atoms with Gasteiger partial charge in [0.25, 0.3) is 5.56 Å². The van der Waals surface area contributed by atoms with Gasteiger partial charge in [0.1, 0.15) is 12.4 Å². The van der Waals surface area contributed by atoms with Crippen LogP contribution < -0.4 is 10.9 Å². The molecule has 0 unspecified atom stereocenters. The van der Waals surface area contributed by atoms with Gasteiger partial charge in [-0.2, -0.15) is 0 Å². The molecule has 8 heteroatoms. The van der Waals surface area contributed by atoms with Crippen LogP contribution in [-0.4, -0.2) is 15.5 Å². The predicted octanol–water partition coefficient (Wildman–Crippen LogP) is 3.47. The topological polar surface area (TPSA) is 64.0 Å². The van der Waals surface area contributed by atoms with E-state index < -0.39 is 11.5 Å². The number of hydrogen-bond acceptors (Lipinski definition) is 3. The van der Waals surface area contributed by atoms with E-state index in [1.165, 1.54) is 29.1 Å². The van der Waals surface area contributed by atoms with E-state index in [4.69, 9.17) is 23.2 Å². The zero-order valence-electron chi connectivity index (χ0n) is 13.7. The van der Waals surface area contributed by atoms with Crippen molar-refractivity contribution in [2.24, 2.45) is 0 Å². The molecule has 5 nitrogen and oxygen atoms in total. The van der Waals surface area contributed by atoms with Gasteiger partial charge in [-0.25, -0.2) is 9.37 Å². The van der Waals surface area contributed by atoms with Gasteiger partial charge in [-0.1, -0.05) is 35.3 Å². The second-order valence-electron chi connectivity index (χ2n) is 5.82. The summed E-state index contributed by atoms with van der Waals surface area (Å²) < 4.78 is 14.7. The number of hydrogen-bond donors (Lipinski definition) is 1. The fourth-order valence-electron chi connectivity index (χ4n) is 2.47. The second-order valence-corrected chi connectivity index (χ2v) is 6.67. The molecule has 0 saturated heterocycles. The summed E-state index contributed by atoms with van der Waals surface area (Å²) in [6, 6.07) is 7.69. The number of aryl methyl sites for hydroxylation is 1. The molecule has 1 amide bonds. The maximum absolute atomic E-state index is 13.5. The molecule has 3 aromatic rings. The average Bonchev–Trinajstić information content (AvgIpc) is 2.59. The minimum atomic E-state index is -0.420. The highest BCUT2D eigenvalue weighted by Crippen LogP contribution is 2.23. The van der Waals surface area contributed by atoms with Gasteiger partial charge in [0, 0.05) is 11.6 Å². The molecule has 134 valence electrons. The first-order valence-electron chi connectivity index (χ1n) is 7.71. The lowest BCUT2D eigenvalue weighted by molar-refractivity contribution is -0.121. The Morgan fingerprint density at radius 1 is 1.27 bits per heavy atom. The zero-order valence-corrected chi connectivity index (χ0v) is 15.2. The molecule has 0 saturated carbocycles. The highest BCUT2D eigenvalue weighted by Gasteiger charge is 2.11. The molecule has 1 aromatic heterocycles. The van der Waals surface area contributed by atoms with Gasteiger partial charge in [0.15, 0.2) is 0 Å². The van der Waals surface area contributed by atoms with Crippen molar-refractivity contribution in [1.82, 2.24) is 14.9 Å². The van der Waals surface area contributed by atoms with E-state index in [1.807, 2.05) is 0 Å². The number of nitrogens with zero attached hydrogens (tertiary/aromatic N) is 2. The lowest BCUT2D eigenvalue weighted by Gasteiger charge is -2.09. The van der Waals surface area contributed by atoms with E-state index in [1.54, 1.807) is 19.1 Å². The lowest BCUT2D eigenvalue weighted by Crippen LogP contribution is -2.32. The van der Waals surface area contributed by atoms with Gasteiger partial charge in [-0.15, -0.1) is 0 Å². The molecule has 1 heterocycles. The first kappa shape index (κ1) is 18.4. The Hall–Kier alpha value is -2.44. The summed E-state index contributed by atoms with van der Waals surface area (Å²) in [5, 5.41) is 3.46. The molecule has 3 rings (SSSR count). The first-order chi connectivity index (χ1) is 12.3. The van der Waals surface area contributed by atoms with Crippen LogP contribution in [0.4, 0.5) is 4.39 Å². The van der Waals surface area contributed by atoms with Gasteiger partial charge < -0.3 is 5.32 Å². The van der Waals surface area contributed by atoms with Gasteiger partial charge in [-0.3, -0.25) is 14.2 Å². The minimum absolute atomic E-state index is 0.156. The quantitative estimate of drug-likeness (QED) is 0.737. The third-order valence-corrected chi connectivity index (χ3v) is 4.39. The van der Waals surface area contributed by atoms with Crippen LogP contribution in [0.15, 0.2) is 41.5 Å². The van der Waals surface area contributed by atoms with Crippen LogP contribution in [0.3, 0.4) is 0 Å². The van der Waals surface area contributed by atoms with E-state index in [9.17, 15) is 14.0 Å². The van der Waals surface area contributed by atoms with Crippen molar-refractivity contribution >= 4 is 40.0 Å². The standard InChI is InChI=1S/C18H14Cl2FN3O2/c1-10-2-3-11(4-15(10)21)7-22-16(25)8-24-9-23-17-13(18(24)26)5-12(19)6-14(17)20/h2-6,9H,7-8H2,1H3,(H,22,25). The number of fused-ring (bicyclic) bond motifs is 1. The normalized spacial score (nSPS) is 10.9. The number of rotatable bonds is 4. The Morgan fingerprint density at radius 3 is 2.77 bits per heavy atom. The molecule has 0 fully saturated rings. The third-order valence-electron chi connectivity index (χ3n) is 3.89. The zero-order chi connectivity index (χ0) is 18.8. The van der Waals surface area contributed by atoms with Gasteiger partial charge >= 0.3 is 0 Å². The fourth-order valence-corrected chi connectivity index (χ4v) is 3.01. The number of halogens is 3. The van der Waals surface area contributed by atoms with Crippen LogP contribution in [0.5, 0.6) is 0 Å². The highest BCUT2D eigenvalue weighted by atomic mass is 35.5. The number of carbonyl (C=O) groups is 1. The van der Waals surface area contributed by atoms with Gasteiger partial charge in [-0.05, 0) is 36.2 Å². The summed E-state index contributed by atoms with van der Waals surface area (Å²) in [6.07, 6.45) is 1.26. The van der Waals surface area contributed by atoms with Crippen LogP contribution in [0.25, 0.3) is 10.9 Å². The molecule has 0 atom stereocenters. The Morgan fingerprint density at radius 2 is 2.04 bits per heavy atom. The van der Waals surface area contributed by atoms with E-state index in [0.717, 1.165) is 0 Å². The molecule has 0 aliphatic rings. The maximum Gasteiger partial charge on any atom is 0.261 e. The molecule has 1 N–H and O–H groups in total. The largest absolute Gasteiger partial charge is 0.350 e. The molecule has 0 aliphatic heterocycles. The van der Waals surface area contributed by atoms with Crippen molar-refractivity contribution < 1.29 is 9.18 Å². The average molecular weight is 394 g/mol. The molecule has 2 aromatic carbocycles. The summed E-state index contributed by atoms with van der Waals surface area (Å²) in [5.41, 5.74) is 1.07. The Balaban J connectivity index is 1.76. The van der Waals surface area contributed by atoms with E-state index in [0.29, 0.717) is 21.7 Å². The summed E-state index contributed by atoms with van der Waals surface area (Å²) >= 11 is 12.0. The smallest absolute Gasteiger partial charge is 0.261 e. The number of carbonyl (C=O) groups excluding carboxylic acids is 1. The molecule has 26 heavy (non-hydrogen) atoms. The molecule has 0 bridgehead atoms. The third kappa shape index (κ3) is 3.86. The fraction of sp³-hybridized carbons (Fsp3) is 0.167.